The van der Waals surface area contributed by atoms with Crippen molar-refractivity contribution in [2.24, 2.45) is 0 Å². The Balaban J connectivity index is 2.46. The van der Waals surface area contributed by atoms with E-state index in [1.807, 2.05) is 30.3 Å². The van der Waals surface area contributed by atoms with E-state index in [9.17, 15) is 0 Å². The lowest BCUT2D eigenvalue weighted by Gasteiger charge is -2.14. The van der Waals surface area contributed by atoms with Gasteiger partial charge < -0.3 is 15.2 Å². The fourth-order valence-electron chi connectivity index (χ4n) is 1.57. The SMILES string of the molecule is CC(C#N)Oc1ccccc1NCCCCCO. The number of para-hydroxylation sites is 2. The number of anilines is 1. The molecular weight excluding hydrogens is 228 g/mol. The Morgan fingerprint density at radius 1 is 1.33 bits per heavy atom. The van der Waals surface area contributed by atoms with Gasteiger partial charge in [-0.05, 0) is 38.3 Å². The summed E-state index contributed by atoms with van der Waals surface area (Å²) in [7, 11) is 0. The quantitative estimate of drug-likeness (QED) is 0.694. The van der Waals surface area contributed by atoms with Gasteiger partial charge in [-0.3, -0.25) is 0 Å². The summed E-state index contributed by atoms with van der Waals surface area (Å²) in [6, 6.07) is 9.65. The number of nitrogens with one attached hydrogen (secondary N) is 1. The predicted octanol–water partition coefficient (Wildman–Crippen LogP) is 2.55. The van der Waals surface area contributed by atoms with E-state index in [0.29, 0.717) is 5.75 Å². The van der Waals surface area contributed by atoms with Crippen molar-refractivity contribution < 1.29 is 9.84 Å². The van der Waals surface area contributed by atoms with E-state index in [4.69, 9.17) is 15.1 Å². The number of unbranched alkanes of at least 4 members (excludes halogenated alkanes) is 2. The molecule has 1 aromatic carbocycles. The average Bonchev–Trinajstić information content (AvgIpc) is 2.40. The Kier molecular flexibility index (Phi) is 6.67. The molecule has 0 aromatic heterocycles. The molecule has 0 bridgehead atoms. The second-order valence-corrected chi connectivity index (χ2v) is 4.10. The van der Waals surface area contributed by atoms with Crippen LogP contribution in [0.4, 0.5) is 5.69 Å². The number of hydrogen-bond donors (Lipinski definition) is 2. The molecule has 1 aromatic rings. The van der Waals surface area contributed by atoms with Crippen molar-refractivity contribution in [1.82, 2.24) is 0 Å². The molecule has 0 saturated heterocycles. The van der Waals surface area contributed by atoms with Gasteiger partial charge in [-0.15, -0.1) is 0 Å². The van der Waals surface area contributed by atoms with Crippen LogP contribution >= 0.6 is 0 Å². The Morgan fingerprint density at radius 2 is 2.11 bits per heavy atom. The predicted molar refractivity (Wildman–Crippen MR) is 71.6 cm³/mol. The zero-order chi connectivity index (χ0) is 13.2. The first kappa shape index (κ1) is 14.3. The molecule has 0 aliphatic rings. The molecule has 1 atom stereocenters. The highest BCUT2D eigenvalue weighted by atomic mass is 16.5. The zero-order valence-electron chi connectivity index (χ0n) is 10.7. The molecule has 98 valence electrons. The van der Waals surface area contributed by atoms with Gasteiger partial charge in [0.2, 0.25) is 0 Å². The van der Waals surface area contributed by atoms with E-state index >= 15 is 0 Å². The van der Waals surface area contributed by atoms with Crippen molar-refractivity contribution in [2.45, 2.75) is 32.3 Å². The lowest BCUT2D eigenvalue weighted by atomic mass is 10.2. The standard InChI is InChI=1S/C14H20N2O2/c1-12(11-15)18-14-8-4-3-7-13(14)16-9-5-2-6-10-17/h3-4,7-8,12,16-17H,2,5-6,9-10H2,1H3. The van der Waals surface area contributed by atoms with Gasteiger partial charge in [0, 0.05) is 13.2 Å². The maximum absolute atomic E-state index is 8.74. The molecule has 2 N–H and O–H groups in total. The number of rotatable bonds is 8. The molecule has 18 heavy (non-hydrogen) atoms. The van der Waals surface area contributed by atoms with E-state index in [2.05, 4.69) is 5.32 Å². The van der Waals surface area contributed by atoms with Gasteiger partial charge in [-0.1, -0.05) is 12.1 Å². The molecule has 0 heterocycles. The molecule has 1 unspecified atom stereocenters. The number of benzene rings is 1. The summed E-state index contributed by atoms with van der Waals surface area (Å²) >= 11 is 0. The highest BCUT2D eigenvalue weighted by molar-refractivity contribution is 5.56. The van der Waals surface area contributed by atoms with Crippen LogP contribution < -0.4 is 10.1 Å². The van der Waals surface area contributed by atoms with Gasteiger partial charge in [-0.25, -0.2) is 0 Å². The Morgan fingerprint density at radius 3 is 2.83 bits per heavy atom. The minimum atomic E-state index is -0.456. The van der Waals surface area contributed by atoms with Gasteiger partial charge in [0.1, 0.15) is 11.8 Å². The minimum Gasteiger partial charge on any atom is -0.474 e. The van der Waals surface area contributed by atoms with Crippen molar-refractivity contribution in [3.05, 3.63) is 24.3 Å². The number of nitrogens with zero attached hydrogens (tertiary/aromatic N) is 1. The smallest absolute Gasteiger partial charge is 0.181 e. The molecule has 0 spiro atoms. The number of nitriles is 1. The van der Waals surface area contributed by atoms with Crippen LogP contribution in [-0.4, -0.2) is 24.4 Å². The third kappa shape index (κ3) is 5.07. The summed E-state index contributed by atoms with van der Waals surface area (Å²) in [6.07, 6.45) is 2.39. The van der Waals surface area contributed by atoms with Crippen LogP contribution in [0.25, 0.3) is 0 Å². The maximum Gasteiger partial charge on any atom is 0.181 e. The minimum absolute atomic E-state index is 0.249. The van der Waals surface area contributed by atoms with Gasteiger partial charge in [0.15, 0.2) is 6.10 Å². The largest absolute Gasteiger partial charge is 0.474 e. The molecule has 0 aliphatic heterocycles. The van der Waals surface area contributed by atoms with Crippen molar-refractivity contribution in [3.63, 3.8) is 0 Å². The first-order chi connectivity index (χ1) is 8.77. The van der Waals surface area contributed by atoms with E-state index in [0.717, 1.165) is 31.5 Å². The molecule has 1 rings (SSSR count). The third-order valence-electron chi connectivity index (χ3n) is 2.52. The van der Waals surface area contributed by atoms with Gasteiger partial charge in [-0.2, -0.15) is 5.26 Å². The Hall–Kier alpha value is -1.73. The summed E-state index contributed by atoms with van der Waals surface area (Å²) in [5, 5.41) is 20.7. The number of aliphatic hydroxyl groups excluding tert-OH is 1. The van der Waals surface area contributed by atoms with Crippen LogP contribution in [0.3, 0.4) is 0 Å². The zero-order valence-corrected chi connectivity index (χ0v) is 10.7. The summed E-state index contributed by atoms with van der Waals surface area (Å²) in [4.78, 5) is 0. The number of aliphatic hydroxyl groups is 1. The molecule has 0 amide bonds. The van der Waals surface area contributed by atoms with Crippen LogP contribution in [0, 0.1) is 11.3 Å². The molecular formula is C14H20N2O2. The van der Waals surface area contributed by atoms with Crippen molar-refractivity contribution in [1.29, 1.82) is 5.26 Å². The molecule has 0 fully saturated rings. The van der Waals surface area contributed by atoms with Crippen LogP contribution in [0.5, 0.6) is 5.75 Å². The fraction of sp³-hybridized carbons (Fsp3) is 0.500. The summed E-state index contributed by atoms with van der Waals surface area (Å²) in [6.45, 7) is 2.80. The summed E-state index contributed by atoms with van der Waals surface area (Å²) in [5.41, 5.74) is 0.906. The highest BCUT2D eigenvalue weighted by Crippen LogP contribution is 2.24. The van der Waals surface area contributed by atoms with Crippen molar-refractivity contribution in [2.75, 3.05) is 18.5 Å². The maximum atomic E-state index is 8.74. The van der Waals surface area contributed by atoms with E-state index < -0.39 is 6.10 Å². The highest BCUT2D eigenvalue weighted by Gasteiger charge is 2.06. The monoisotopic (exact) mass is 248 g/mol. The third-order valence-corrected chi connectivity index (χ3v) is 2.52. The second kappa shape index (κ2) is 8.37. The normalized spacial score (nSPS) is 11.6. The topological polar surface area (TPSA) is 65.3 Å². The van der Waals surface area contributed by atoms with Crippen LogP contribution in [0.15, 0.2) is 24.3 Å². The first-order valence-electron chi connectivity index (χ1n) is 6.28. The fourth-order valence-corrected chi connectivity index (χ4v) is 1.57. The van der Waals surface area contributed by atoms with E-state index in [1.165, 1.54) is 0 Å². The first-order valence-corrected chi connectivity index (χ1v) is 6.28. The number of hydrogen-bond acceptors (Lipinski definition) is 4. The van der Waals surface area contributed by atoms with Crippen molar-refractivity contribution in [3.8, 4) is 11.8 Å². The molecule has 4 nitrogen and oxygen atoms in total. The van der Waals surface area contributed by atoms with Gasteiger partial charge in [0.05, 0.1) is 5.69 Å². The van der Waals surface area contributed by atoms with Gasteiger partial charge >= 0.3 is 0 Å². The lowest BCUT2D eigenvalue weighted by molar-refractivity contribution is 0.277. The van der Waals surface area contributed by atoms with Crippen LogP contribution in [-0.2, 0) is 0 Å². The van der Waals surface area contributed by atoms with Gasteiger partial charge in [0.25, 0.3) is 0 Å². The number of ether oxygens (including phenoxy) is 1. The molecule has 4 heteroatoms. The van der Waals surface area contributed by atoms with Crippen molar-refractivity contribution >= 4 is 5.69 Å². The summed E-state index contributed by atoms with van der Waals surface area (Å²) in [5.74, 6) is 0.703. The van der Waals surface area contributed by atoms with Crippen LogP contribution in [0.1, 0.15) is 26.2 Å². The molecule has 0 aliphatic carbocycles. The average molecular weight is 248 g/mol. The molecule has 0 radical (unpaired) electrons. The lowest BCUT2D eigenvalue weighted by Crippen LogP contribution is -2.11. The second-order valence-electron chi connectivity index (χ2n) is 4.10. The summed E-state index contributed by atoms with van der Waals surface area (Å²) < 4.78 is 5.51. The Bertz CT molecular complexity index is 388. The van der Waals surface area contributed by atoms with Crippen LogP contribution in [0.2, 0.25) is 0 Å². The Labute approximate surface area is 108 Å². The molecule has 0 saturated carbocycles. The van der Waals surface area contributed by atoms with E-state index in [-0.39, 0.29) is 6.61 Å². The van der Waals surface area contributed by atoms with E-state index in [1.54, 1.807) is 6.92 Å².